The maximum atomic E-state index is 12.7. The smallest absolute Gasteiger partial charge is 0.259 e. The van der Waals surface area contributed by atoms with Crippen LogP contribution in [0.5, 0.6) is 0 Å². The largest absolute Gasteiger partial charge is 0.322 e. The van der Waals surface area contributed by atoms with Gasteiger partial charge in [0.15, 0.2) is 0 Å². The van der Waals surface area contributed by atoms with Crippen molar-refractivity contribution >= 4 is 11.6 Å². The van der Waals surface area contributed by atoms with Crippen molar-refractivity contribution in [3.63, 3.8) is 0 Å². The van der Waals surface area contributed by atoms with Crippen LogP contribution in [0.4, 0.5) is 5.69 Å². The van der Waals surface area contributed by atoms with Gasteiger partial charge in [-0.15, -0.1) is 0 Å². The van der Waals surface area contributed by atoms with Gasteiger partial charge in [-0.25, -0.2) is 0 Å². The van der Waals surface area contributed by atoms with Crippen LogP contribution in [0.2, 0.25) is 0 Å². The van der Waals surface area contributed by atoms with Crippen LogP contribution in [0.1, 0.15) is 59.8 Å². The number of amides is 1. The normalized spacial score (nSPS) is 31.2. The van der Waals surface area contributed by atoms with Gasteiger partial charge in [-0.1, -0.05) is 26.0 Å². The second kappa shape index (κ2) is 4.75. The average molecular weight is 335 g/mol. The zero-order valence-electron chi connectivity index (χ0n) is 15.3. The first-order chi connectivity index (χ1) is 12.0. The molecular formula is C21H25N3O. The first-order valence-corrected chi connectivity index (χ1v) is 9.41. The van der Waals surface area contributed by atoms with Crippen LogP contribution in [-0.4, -0.2) is 15.7 Å². The monoisotopic (exact) mass is 335 g/mol. The molecule has 130 valence electrons. The van der Waals surface area contributed by atoms with E-state index in [0.29, 0.717) is 16.9 Å². The standard InChI is InChI=1S/C21H25N3O/c1-11(2)19-16-9-8-15-18-14(21(15,16)19)6-5-7-17(18)22-20(25)13-10-24(4)23-12(13)3/h5-7,10-11,15-16,19H,8-9H2,1-4H3,(H,22,25). The molecule has 3 aliphatic rings. The third-order valence-corrected chi connectivity index (χ3v) is 6.98. The molecule has 25 heavy (non-hydrogen) atoms. The number of nitrogens with zero attached hydrogens (tertiary/aromatic N) is 2. The van der Waals surface area contributed by atoms with Gasteiger partial charge < -0.3 is 5.32 Å². The van der Waals surface area contributed by atoms with Gasteiger partial charge in [0.25, 0.3) is 5.91 Å². The van der Waals surface area contributed by atoms with E-state index in [-0.39, 0.29) is 5.91 Å². The number of benzene rings is 1. The molecule has 0 bridgehead atoms. The predicted octanol–water partition coefficient (Wildman–Crippen LogP) is 4.01. The molecule has 4 atom stereocenters. The van der Waals surface area contributed by atoms with Crippen LogP contribution >= 0.6 is 0 Å². The van der Waals surface area contributed by atoms with Gasteiger partial charge in [-0.05, 0) is 60.6 Å². The molecule has 0 radical (unpaired) electrons. The minimum absolute atomic E-state index is 0.0503. The Labute approximate surface area is 148 Å². The molecule has 4 nitrogen and oxygen atoms in total. The fraction of sp³-hybridized carbons (Fsp3) is 0.524. The summed E-state index contributed by atoms with van der Waals surface area (Å²) in [7, 11) is 1.85. The van der Waals surface area contributed by atoms with Gasteiger partial charge in [-0.3, -0.25) is 9.48 Å². The molecule has 3 aliphatic carbocycles. The van der Waals surface area contributed by atoms with E-state index >= 15 is 0 Å². The van der Waals surface area contributed by atoms with E-state index in [1.807, 2.05) is 14.0 Å². The number of carbonyl (C=O) groups is 1. The molecule has 2 aromatic rings. The van der Waals surface area contributed by atoms with Crippen LogP contribution in [0.25, 0.3) is 0 Å². The summed E-state index contributed by atoms with van der Waals surface area (Å²) < 4.78 is 1.70. The van der Waals surface area contributed by atoms with Crippen molar-refractivity contribution in [3.8, 4) is 0 Å². The summed E-state index contributed by atoms with van der Waals surface area (Å²) in [6, 6.07) is 6.48. The van der Waals surface area contributed by atoms with Crippen LogP contribution < -0.4 is 5.32 Å². The summed E-state index contributed by atoms with van der Waals surface area (Å²) in [5.41, 5.74) is 5.80. The van der Waals surface area contributed by atoms with Crippen molar-refractivity contribution in [2.45, 2.75) is 44.9 Å². The van der Waals surface area contributed by atoms with E-state index in [1.54, 1.807) is 10.9 Å². The molecule has 1 heterocycles. The Morgan fingerprint density at radius 1 is 1.36 bits per heavy atom. The highest BCUT2D eigenvalue weighted by Crippen LogP contribution is 2.82. The Bertz CT molecular complexity index is 897. The molecule has 1 spiro atoms. The Morgan fingerprint density at radius 2 is 2.16 bits per heavy atom. The van der Waals surface area contributed by atoms with Crippen molar-refractivity contribution in [2.75, 3.05) is 5.32 Å². The van der Waals surface area contributed by atoms with Crippen LogP contribution in [-0.2, 0) is 12.5 Å². The molecule has 1 aromatic heterocycles. The summed E-state index contributed by atoms with van der Waals surface area (Å²) in [5.74, 6) is 3.05. The van der Waals surface area contributed by atoms with Gasteiger partial charge in [0.2, 0.25) is 0 Å². The van der Waals surface area contributed by atoms with Gasteiger partial charge in [0.05, 0.1) is 11.3 Å². The summed E-state index contributed by atoms with van der Waals surface area (Å²) >= 11 is 0. The summed E-state index contributed by atoms with van der Waals surface area (Å²) in [4.78, 5) is 12.7. The summed E-state index contributed by atoms with van der Waals surface area (Å²) in [6.07, 6.45) is 4.42. The third-order valence-electron chi connectivity index (χ3n) is 6.98. The first-order valence-electron chi connectivity index (χ1n) is 9.41. The predicted molar refractivity (Wildman–Crippen MR) is 97.8 cm³/mol. The number of anilines is 1. The lowest BCUT2D eigenvalue weighted by Crippen LogP contribution is -2.34. The van der Waals surface area contributed by atoms with Crippen molar-refractivity contribution in [1.29, 1.82) is 0 Å². The summed E-state index contributed by atoms with van der Waals surface area (Å²) in [5, 5.41) is 7.46. The number of fused-ring (bicyclic) bond motifs is 2. The van der Waals surface area contributed by atoms with E-state index in [2.05, 4.69) is 42.5 Å². The second-order valence-electron chi connectivity index (χ2n) is 8.46. The highest BCUT2D eigenvalue weighted by Gasteiger charge is 2.77. The SMILES string of the molecule is Cc1nn(C)cc1C(=O)Nc1cccc2c1C1CCC3C(C(C)C)C213. The molecule has 4 unspecified atom stereocenters. The Balaban J connectivity index is 1.49. The lowest BCUT2D eigenvalue weighted by Gasteiger charge is -2.42. The van der Waals surface area contributed by atoms with Crippen molar-refractivity contribution in [3.05, 3.63) is 46.8 Å². The van der Waals surface area contributed by atoms with Crippen LogP contribution in [0.3, 0.4) is 0 Å². The molecule has 0 saturated heterocycles. The third kappa shape index (κ3) is 1.73. The number of nitrogens with one attached hydrogen (secondary N) is 1. The molecule has 2 fully saturated rings. The van der Waals surface area contributed by atoms with E-state index < -0.39 is 0 Å². The molecule has 1 amide bonds. The molecule has 1 aromatic carbocycles. The lowest BCUT2D eigenvalue weighted by atomic mass is 9.62. The topological polar surface area (TPSA) is 46.9 Å². The van der Waals surface area contributed by atoms with Crippen LogP contribution in [0, 0.1) is 24.7 Å². The Hall–Kier alpha value is -2.10. The lowest BCUT2D eigenvalue weighted by molar-refractivity contribution is 0.102. The molecule has 5 rings (SSSR count). The molecule has 4 heteroatoms. The molecular weight excluding hydrogens is 310 g/mol. The van der Waals surface area contributed by atoms with E-state index in [0.717, 1.165) is 29.1 Å². The minimum atomic E-state index is -0.0503. The summed E-state index contributed by atoms with van der Waals surface area (Å²) in [6.45, 7) is 6.61. The van der Waals surface area contributed by atoms with Gasteiger partial charge in [-0.2, -0.15) is 5.10 Å². The van der Waals surface area contributed by atoms with Gasteiger partial charge in [0, 0.05) is 24.3 Å². The van der Waals surface area contributed by atoms with Crippen molar-refractivity contribution in [1.82, 2.24) is 9.78 Å². The highest BCUT2D eigenvalue weighted by atomic mass is 16.1. The second-order valence-corrected chi connectivity index (χ2v) is 8.46. The fourth-order valence-electron chi connectivity index (χ4n) is 6.33. The van der Waals surface area contributed by atoms with Gasteiger partial charge in [0.1, 0.15) is 0 Å². The van der Waals surface area contributed by atoms with E-state index in [4.69, 9.17) is 0 Å². The first kappa shape index (κ1) is 15.2. The quantitative estimate of drug-likeness (QED) is 0.921. The van der Waals surface area contributed by atoms with Crippen molar-refractivity contribution in [2.24, 2.45) is 24.8 Å². The number of hydrogen-bond acceptors (Lipinski definition) is 2. The number of aryl methyl sites for hydroxylation is 2. The zero-order valence-corrected chi connectivity index (χ0v) is 15.3. The number of rotatable bonds is 3. The fourth-order valence-corrected chi connectivity index (χ4v) is 6.33. The van der Waals surface area contributed by atoms with Crippen LogP contribution in [0.15, 0.2) is 24.4 Å². The average Bonchev–Trinajstić information content (AvgIpc) is 3.00. The van der Waals surface area contributed by atoms with E-state index in [1.165, 1.54) is 24.0 Å². The number of aromatic nitrogens is 2. The molecule has 0 aliphatic heterocycles. The molecule has 2 saturated carbocycles. The number of carbonyl (C=O) groups excluding carboxylic acids is 1. The minimum Gasteiger partial charge on any atom is -0.322 e. The highest BCUT2D eigenvalue weighted by molar-refractivity contribution is 6.05. The zero-order chi connectivity index (χ0) is 17.5. The van der Waals surface area contributed by atoms with Crippen molar-refractivity contribution < 1.29 is 4.79 Å². The Kier molecular flexibility index (Phi) is 2.88. The van der Waals surface area contributed by atoms with E-state index in [9.17, 15) is 4.79 Å². The van der Waals surface area contributed by atoms with Gasteiger partial charge >= 0.3 is 0 Å². The maximum Gasteiger partial charge on any atom is 0.259 e. The number of hydrogen-bond donors (Lipinski definition) is 1. The Morgan fingerprint density at radius 3 is 2.80 bits per heavy atom. The maximum absolute atomic E-state index is 12.7. The molecule has 1 N–H and O–H groups in total.